The van der Waals surface area contributed by atoms with Crippen LogP contribution in [0.25, 0.3) is 0 Å². The molecule has 1 aromatic carbocycles. The Labute approximate surface area is 156 Å². The summed E-state index contributed by atoms with van der Waals surface area (Å²) in [5.74, 6) is 0.246. The van der Waals surface area contributed by atoms with Gasteiger partial charge in [-0.25, -0.2) is 13.4 Å². The largest absolute Gasteiger partial charge is 0.316 e. The van der Waals surface area contributed by atoms with Gasteiger partial charge in [0.05, 0.1) is 27.6 Å². The van der Waals surface area contributed by atoms with Crippen molar-refractivity contribution >= 4 is 27.0 Å². The van der Waals surface area contributed by atoms with Gasteiger partial charge in [0.1, 0.15) is 0 Å². The minimum absolute atomic E-state index is 0.0659. The Bertz CT molecular complexity index is 874. The lowest BCUT2D eigenvalue weighted by atomic mass is 10.1. The van der Waals surface area contributed by atoms with Gasteiger partial charge in [0.2, 0.25) is 10.0 Å². The maximum atomic E-state index is 13.2. The average Bonchev–Trinajstić information content (AvgIpc) is 3.26. The zero-order valence-corrected chi connectivity index (χ0v) is 15.9. The van der Waals surface area contributed by atoms with E-state index in [-0.39, 0.29) is 23.0 Å². The Kier molecular flexibility index (Phi) is 5.66. The molecule has 0 radical (unpaired) electrons. The normalized spacial score (nSPS) is 17.7. The summed E-state index contributed by atoms with van der Waals surface area (Å²) >= 11 is 1.43. The van der Waals surface area contributed by atoms with Gasteiger partial charge in [0.15, 0.2) is 0 Å². The van der Waals surface area contributed by atoms with Crippen molar-refractivity contribution in [2.45, 2.75) is 24.8 Å². The van der Waals surface area contributed by atoms with Crippen LogP contribution in [-0.2, 0) is 16.6 Å². The van der Waals surface area contributed by atoms with Crippen molar-refractivity contribution in [2.24, 2.45) is 5.92 Å². The van der Waals surface area contributed by atoms with Crippen molar-refractivity contribution in [2.75, 3.05) is 19.6 Å². The van der Waals surface area contributed by atoms with E-state index in [4.69, 9.17) is 0 Å². The lowest BCUT2D eigenvalue weighted by Gasteiger charge is -2.24. The van der Waals surface area contributed by atoms with Crippen molar-refractivity contribution in [3.05, 3.63) is 50.5 Å². The lowest BCUT2D eigenvalue weighted by Crippen LogP contribution is -2.35. The number of non-ortho nitro benzene ring substituents is 1. The van der Waals surface area contributed by atoms with E-state index in [9.17, 15) is 18.5 Å². The van der Waals surface area contributed by atoms with Crippen LogP contribution in [0.15, 0.2) is 34.7 Å². The van der Waals surface area contributed by atoms with Crippen LogP contribution >= 0.6 is 11.3 Å². The maximum absolute atomic E-state index is 13.2. The SMILES string of the molecule is Cc1ncsc1CN(CC1CCNC1)S(=O)(=O)c1ccc([N+](=O)[O-])cc1. The predicted octanol–water partition coefficient (Wildman–Crippen LogP) is 2.16. The van der Waals surface area contributed by atoms with E-state index in [1.165, 1.54) is 39.9 Å². The van der Waals surface area contributed by atoms with Gasteiger partial charge in [0.25, 0.3) is 5.69 Å². The van der Waals surface area contributed by atoms with E-state index in [0.29, 0.717) is 6.54 Å². The Hall–Kier alpha value is -1.88. The fourth-order valence-corrected chi connectivity index (χ4v) is 5.29. The lowest BCUT2D eigenvalue weighted by molar-refractivity contribution is -0.384. The molecule has 1 saturated heterocycles. The third kappa shape index (κ3) is 4.09. The molecule has 1 aliphatic rings. The number of aromatic nitrogens is 1. The number of rotatable bonds is 7. The van der Waals surface area contributed by atoms with Crippen molar-refractivity contribution in [1.29, 1.82) is 0 Å². The highest BCUT2D eigenvalue weighted by Gasteiger charge is 2.29. The van der Waals surface area contributed by atoms with Crippen LogP contribution in [0.5, 0.6) is 0 Å². The molecule has 1 atom stereocenters. The Balaban J connectivity index is 1.90. The molecule has 0 amide bonds. The molecule has 0 bridgehead atoms. The molecular formula is C16H20N4O4S2. The van der Waals surface area contributed by atoms with Crippen molar-refractivity contribution in [3.8, 4) is 0 Å². The molecule has 10 heteroatoms. The first-order valence-corrected chi connectivity index (χ1v) is 10.5. The number of nitro benzene ring substituents is 1. The summed E-state index contributed by atoms with van der Waals surface area (Å²) in [6, 6.07) is 5.04. The minimum Gasteiger partial charge on any atom is -0.316 e. The third-order valence-corrected chi connectivity index (χ3v) is 7.22. The number of nitro groups is 1. The molecule has 0 saturated carbocycles. The molecule has 0 spiro atoms. The molecule has 2 aromatic rings. The first kappa shape index (κ1) is 18.9. The van der Waals surface area contributed by atoms with Gasteiger partial charge >= 0.3 is 0 Å². The van der Waals surface area contributed by atoms with Crippen LogP contribution in [0, 0.1) is 23.0 Å². The van der Waals surface area contributed by atoms with Crippen LogP contribution in [0.2, 0.25) is 0 Å². The summed E-state index contributed by atoms with van der Waals surface area (Å²) in [5, 5.41) is 14.1. The summed E-state index contributed by atoms with van der Waals surface area (Å²) in [4.78, 5) is 15.4. The number of sulfonamides is 1. The van der Waals surface area contributed by atoms with E-state index < -0.39 is 14.9 Å². The molecule has 140 valence electrons. The number of benzene rings is 1. The fourth-order valence-electron chi connectivity index (χ4n) is 2.93. The van der Waals surface area contributed by atoms with Crippen LogP contribution in [-0.4, -0.2) is 42.3 Å². The molecule has 1 N–H and O–H groups in total. The van der Waals surface area contributed by atoms with E-state index in [1.54, 1.807) is 5.51 Å². The van der Waals surface area contributed by atoms with Crippen LogP contribution < -0.4 is 5.32 Å². The van der Waals surface area contributed by atoms with E-state index in [1.807, 2.05) is 6.92 Å². The summed E-state index contributed by atoms with van der Waals surface area (Å²) in [6.07, 6.45) is 0.925. The van der Waals surface area contributed by atoms with E-state index in [2.05, 4.69) is 10.3 Å². The first-order chi connectivity index (χ1) is 12.4. The van der Waals surface area contributed by atoms with Crippen molar-refractivity contribution in [1.82, 2.24) is 14.6 Å². The summed E-state index contributed by atoms with van der Waals surface area (Å²) in [5.41, 5.74) is 2.40. The molecule has 8 nitrogen and oxygen atoms in total. The molecule has 1 unspecified atom stereocenters. The number of hydrogen-bond acceptors (Lipinski definition) is 7. The zero-order valence-electron chi connectivity index (χ0n) is 14.3. The van der Waals surface area contributed by atoms with Gasteiger partial charge in [-0.05, 0) is 44.5 Å². The first-order valence-electron chi connectivity index (χ1n) is 8.22. The molecule has 26 heavy (non-hydrogen) atoms. The monoisotopic (exact) mass is 396 g/mol. The Morgan fingerprint density at radius 2 is 2.12 bits per heavy atom. The third-order valence-electron chi connectivity index (χ3n) is 4.47. The summed E-state index contributed by atoms with van der Waals surface area (Å²) in [6.45, 7) is 4.19. The number of aryl methyl sites for hydroxylation is 1. The fraction of sp³-hybridized carbons (Fsp3) is 0.438. The number of nitrogens with one attached hydrogen (secondary N) is 1. The highest BCUT2D eigenvalue weighted by atomic mass is 32.2. The van der Waals surface area contributed by atoms with E-state index >= 15 is 0 Å². The molecule has 0 aliphatic carbocycles. The summed E-state index contributed by atoms with van der Waals surface area (Å²) in [7, 11) is -3.76. The second-order valence-corrected chi connectivity index (χ2v) is 9.15. The number of nitrogens with zero attached hydrogens (tertiary/aromatic N) is 3. The van der Waals surface area contributed by atoms with Gasteiger partial charge in [-0.3, -0.25) is 10.1 Å². The van der Waals surface area contributed by atoms with Crippen molar-refractivity contribution in [3.63, 3.8) is 0 Å². The highest BCUT2D eigenvalue weighted by Crippen LogP contribution is 2.25. The minimum atomic E-state index is -3.76. The van der Waals surface area contributed by atoms with Gasteiger partial charge in [0, 0.05) is 23.6 Å². The van der Waals surface area contributed by atoms with Crippen LogP contribution in [0.4, 0.5) is 5.69 Å². The quantitative estimate of drug-likeness (QED) is 0.568. The Morgan fingerprint density at radius 1 is 1.38 bits per heavy atom. The van der Waals surface area contributed by atoms with Gasteiger partial charge in [-0.2, -0.15) is 4.31 Å². The molecule has 2 heterocycles. The molecular weight excluding hydrogens is 376 g/mol. The molecule has 3 rings (SSSR count). The van der Waals surface area contributed by atoms with E-state index in [0.717, 1.165) is 30.1 Å². The van der Waals surface area contributed by atoms with Gasteiger partial charge in [-0.1, -0.05) is 0 Å². The number of thiazole rings is 1. The summed E-state index contributed by atoms with van der Waals surface area (Å²) < 4.78 is 27.8. The second-order valence-electron chi connectivity index (χ2n) is 6.27. The van der Waals surface area contributed by atoms with Gasteiger partial charge in [-0.15, -0.1) is 11.3 Å². The van der Waals surface area contributed by atoms with Gasteiger partial charge < -0.3 is 5.32 Å². The zero-order chi connectivity index (χ0) is 18.7. The smallest absolute Gasteiger partial charge is 0.269 e. The maximum Gasteiger partial charge on any atom is 0.269 e. The topological polar surface area (TPSA) is 105 Å². The standard InChI is InChI=1S/C16H20N4O4S2/c1-12-16(25-11-18-12)10-19(9-13-6-7-17-8-13)26(23,24)15-4-2-14(3-5-15)20(21)22/h2-5,11,13,17H,6-10H2,1H3. The highest BCUT2D eigenvalue weighted by molar-refractivity contribution is 7.89. The average molecular weight is 396 g/mol. The second kappa shape index (κ2) is 7.78. The predicted molar refractivity (Wildman–Crippen MR) is 98.5 cm³/mol. The molecule has 1 aliphatic heterocycles. The molecule has 1 aromatic heterocycles. The van der Waals surface area contributed by atoms with Crippen LogP contribution in [0.1, 0.15) is 17.0 Å². The Morgan fingerprint density at radius 3 is 2.65 bits per heavy atom. The van der Waals surface area contributed by atoms with Crippen molar-refractivity contribution < 1.29 is 13.3 Å². The number of hydrogen-bond donors (Lipinski definition) is 1. The molecule has 1 fully saturated rings. The van der Waals surface area contributed by atoms with Crippen LogP contribution in [0.3, 0.4) is 0 Å².